The molecular formula is C19H29N3O2. The molecule has 0 aromatic heterocycles. The minimum Gasteiger partial charge on any atom is -0.347 e. The van der Waals surface area contributed by atoms with Crippen LogP contribution in [0.3, 0.4) is 0 Å². The second-order valence-corrected chi connectivity index (χ2v) is 7.57. The van der Waals surface area contributed by atoms with Crippen molar-refractivity contribution in [1.82, 2.24) is 10.6 Å². The SMILES string of the molecule is CC(C)(C)NC(=O)c1cccc(NC(=O)CCC2CCNCC2)c1. The molecule has 5 nitrogen and oxygen atoms in total. The Labute approximate surface area is 144 Å². The van der Waals surface area contributed by atoms with Gasteiger partial charge in [0.15, 0.2) is 0 Å². The molecule has 132 valence electrons. The van der Waals surface area contributed by atoms with Gasteiger partial charge in [0.2, 0.25) is 5.91 Å². The van der Waals surface area contributed by atoms with Crippen LogP contribution < -0.4 is 16.0 Å². The largest absolute Gasteiger partial charge is 0.347 e. The average molecular weight is 331 g/mol. The molecule has 0 unspecified atom stereocenters. The van der Waals surface area contributed by atoms with Crippen LogP contribution in [-0.4, -0.2) is 30.4 Å². The second kappa shape index (κ2) is 8.29. The topological polar surface area (TPSA) is 70.2 Å². The number of rotatable bonds is 5. The summed E-state index contributed by atoms with van der Waals surface area (Å²) in [5.41, 5.74) is 0.943. The Bertz CT molecular complexity index is 572. The van der Waals surface area contributed by atoms with Crippen LogP contribution in [0.4, 0.5) is 5.69 Å². The van der Waals surface area contributed by atoms with Crippen LogP contribution >= 0.6 is 0 Å². The highest BCUT2D eigenvalue weighted by atomic mass is 16.2. The molecule has 0 spiro atoms. The zero-order valence-corrected chi connectivity index (χ0v) is 14.9. The molecule has 0 aliphatic carbocycles. The third-order valence-corrected chi connectivity index (χ3v) is 4.14. The van der Waals surface area contributed by atoms with Gasteiger partial charge in [-0.3, -0.25) is 9.59 Å². The smallest absolute Gasteiger partial charge is 0.251 e. The number of anilines is 1. The summed E-state index contributed by atoms with van der Waals surface area (Å²) >= 11 is 0. The first kappa shape index (κ1) is 18.5. The van der Waals surface area contributed by atoms with E-state index in [1.54, 1.807) is 18.2 Å². The molecule has 3 N–H and O–H groups in total. The zero-order valence-electron chi connectivity index (χ0n) is 14.9. The van der Waals surface area contributed by atoms with Gasteiger partial charge in [0.1, 0.15) is 0 Å². The van der Waals surface area contributed by atoms with Gasteiger partial charge in [0, 0.05) is 23.2 Å². The highest BCUT2D eigenvalue weighted by Gasteiger charge is 2.17. The summed E-state index contributed by atoms with van der Waals surface area (Å²) in [4.78, 5) is 24.3. The maximum Gasteiger partial charge on any atom is 0.251 e. The maximum absolute atomic E-state index is 12.2. The predicted molar refractivity (Wildman–Crippen MR) is 97.1 cm³/mol. The number of carbonyl (C=O) groups excluding carboxylic acids is 2. The van der Waals surface area contributed by atoms with Crippen molar-refractivity contribution >= 4 is 17.5 Å². The van der Waals surface area contributed by atoms with Crippen LogP contribution in [0.5, 0.6) is 0 Å². The lowest BCUT2D eigenvalue weighted by Crippen LogP contribution is -2.40. The van der Waals surface area contributed by atoms with E-state index in [9.17, 15) is 9.59 Å². The fourth-order valence-corrected chi connectivity index (χ4v) is 2.88. The molecule has 0 radical (unpaired) electrons. The number of piperidine rings is 1. The molecular weight excluding hydrogens is 302 g/mol. The molecule has 1 aromatic rings. The Balaban J connectivity index is 1.86. The van der Waals surface area contributed by atoms with Gasteiger partial charge >= 0.3 is 0 Å². The van der Waals surface area contributed by atoms with E-state index in [2.05, 4.69) is 16.0 Å². The Morgan fingerprint density at radius 1 is 1.21 bits per heavy atom. The first-order valence-corrected chi connectivity index (χ1v) is 8.77. The quantitative estimate of drug-likeness (QED) is 0.777. The lowest BCUT2D eigenvalue weighted by Gasteiger charge is -2.22. The van der Waals surface area contributed by atoms with Gasteiger partial charge < -0.3 is 16.0 Å². The first-order chi connectivity index (χ1) is 11.3. The molecule has 1 aliphatic heterocycles. The summed E-state index contributed by atoms with van der Waals surface area (Å²) in [5.74, 6) is 0.524. The van der Waals surface area contributed by atoms with Crippen molar-refractivity contribution in [2.24, 2.45) is 5.92 Å². The highest BCUT2D eigenvalue weighted by molar-refractivity contribution is 5.97. The van der Waals surface area contributed by atoms with E-state index in [0.717, 1.165) is 32.4 Å². The van der Waals surface area contributed by atoms with Crippen molar-refractivity contribution in [2.75, 3.05) is 18.4 Å². The number of carbonyl (C=O) groups is 2. The number of hydrogen-bond acceptors (Lipinski definition) is 3. The van der Waals surface area contributed by atoms with E-state index in [0.29, 0.717) is 23.6 Å². The van der Waals surface area contributed by atoms with Crippen LogP contribution in [0.25, 0.3) is 0 Å². The molecule has 2 rings (SSSR count). The van der Waals surface area contributed by atoms with Crippen LogP contribution in [0.15, 0.2) is 24.3 Å². The number of hydrogen-bond donors (Lipinski definition) is 3. The minimum atomic E-state index is -0.287. The van der Waals surface area contributed by atoms with Gasteiger partial charge in [-0.15, -0.1) is 0 Å². The van der Waals surface area contributed by atoms with Gasteiger partial charge in [-0.25, -0.2) is 0 Å². The Kier molecular flexibility index (Phi) is 6.37. The van der Waals surface area contributed by atoms with Crippen LogP contribution in [0.2, 0.25) is 0 Å². The number of benzene rings is 1. The van der Waals surface area contributed by atoms with Gasteiger partial charge in [0.25, 0.3) is 5.91 Å². The number of amides is 2. The molecule has 1 aromatic carbocycles. The van der Waals surface area contributed by atoms with Gasteiger partial charge in [-0.05, 0) is 77.2 Å². The Hall–Kier alpha value is -1.88. The molecule has 24 heavy (non-hydrogen) atoms. The molecule has 1 heterocycles. The molecule has 1 saturated heterocycles. The standard InChI is InChI=1S/C19H29N3O2/c1-19(2,3)22-18(24)15-5-4-6-16(13-15)21-17(23)8-7-14-9-11-20-12-10-14/h4-6,13-14,20H,7-12H2,1-3H3,(H,21,23)(H,22,24). The summed E-state index contributed by atoms with van der Waals surface area (Å²) in [7, 11) is 0. The van der Waals surface area contributed by atoms with E-state index in [1.165, 1.54) is 0 Å². The van der Waals surface area contributed by atoms with E-state index in [4.69, 9.17) is 0 Å². The van der Waals surface area contributed by atoms with Gasteiger partial charge in [-0.1, -0.05) is 6.07 Å². The Morgan fingerprint density at radius 3 is 2.58 bits per heavy atom. The zero-order chi connectivity index (χ0) is 17.6. The van der Waals surface area contributed by atoms with Crippen molar-refractivity contribution in [3.05, 3.63) is 29.8 Å². The maximum atomic E-state index is 12.2. The third-order valence-electron chi connectivity index (χ3n) is 4.14. The van der Waals surface area contributed by atoms with Gasteiger partial charge in [0.05, 0.1) is 0 Å². The van der Waals surface area contributed by atoms with Crippen molar-refractivity contribution < 1.29 is 9.59 Å². The predicted octanol–water partition coefficient (Wildman–Crippen LogP) is 2.93. The van der Waals surface area contributed by atoms with E-state index >= 15 is 0 Å². The van der Waals surface area contributed by atoms with Crippen LogP contribution in [0, 0.1) is 5.92 Å². The fourth-order valence-electron chi connectivity index (χ4n) is 2.88. The summed E-state index contributed by atoms with van der Waals surface area (Å²) < 4.78 is 0. The normalized spacial score (nSPS) is 15.8. The summed E-state index contributed by atoms with van der Waals surface area (Å²) in [5, 5.41) is 9.17. The van der Waals surface area contributed by atoms with Crippen molar-refractivity contribution in [3.63, 3.8) is 0 Å². The minimum absolute atomic E-state index is 0.0157. The molecule has 1 fully saturated rings. The highest BCUT2D eigenvalue weighted by Crippen LogP contribution is 2.18. The second-order valence-electron chi connectivity index (χ2n) is 7.57. The van der Waals surface area contributed by atoms with E-state index in [1.807, 2.05) is 26.8 Å². The number of nitrogens with one attached hydrogen (secondary N) is 3. The summed E-state index contributed by atoms with van der Waals surface area (Å²) in [6.45, 7) is 7.93. The first-order valence-electron chi connectivity index (χ1n) is 8.77. The van der Waals surface area contributed by atoms with Gasteiger partial charge in [-0.2, -0.15) is 0 Å². The van der Waals surface area contributed by atoms with Crippen LogP contribution in [-0.2, 0) is 4.79 Å². The molecule has 0 saturated carbocycles. The summed E-state index contributed by atoms with van der Waals surface area (Å²) in [6, 6.07) is 7.09. The fraction of sp³-hybridized carbons (Fsp3) is 0.579. The molecule has 0 atom stereocenters. The van der Waals surface area contributed by atoms with E-state index < -0.39 is 0 Å². The lowest BCUT2D eigenvalue weighted by atomic mass is 9.93. The molecule has 0 bridgehead atoms. The van der Waals surface area contributed by atoms with Crippen LogP contribution in [0.1, 0.15) is 56.8 Å². The monoisotopic (exact) mass is 331 g/mol. The van der Waals surface area contributed by atoms with Crippen molar-refractivity contribution in [3.8, 4) is 0 Å². The van der Waals surface area contributed by atoms with E-state index in [-0.39, 0.29) is 17.4 Å². The molecule has 1 aliphatic rings. The lowest BCUT2D eigenvalue weighted by molar-refractivity contribution is -0.116. The molecule has 2 amide bonds. The molecule has 5 heteroatoms. The third kappa shape index (κ3) is 6.32. The average Bonchev–Trinajstić information content (AvgIpc) is 2.52. The summed E-state index contributed by atoms with van der Waals surface area (Å²) in [6.07, 6.45) is 3.76. The van der Waals surface area contributed by atoms with Crippen molar-refractivity contribution in [1.29, 1.82) is 0 Å². The van der Waals surface area contributed by atoms with Crippen molar-refractivity contribution in [2.45, 2.75) is 52.0 Å². The Morgan fingerprint density at radius 2 is 1.92 bits per heavy atom.